The van der Waals surface area contributed by atoms with Crippen molar-refractivity contribution in [2.75, 3.05) is 19.0 Å². The van der Waals surface area contributed by atoms with Crippen molar-refractivity contribution in [1.29, 1.82) is 5.53 Å². The molecule has 29 heavy (non-hydrogen) atoms. The Morgan fingerprint density at radius 2 is 1.52 bits per heavy atom. The maximum atomic E-state index is 12.4. The van der Waals surface area contributed by atoms with Gasteiger partial charge in [-0.15, -0.1) is 5.11 Å². The number of amides is 1. The van der Waals surface area contributed by atoms with Crippen molar-refractivity contribution in [1.82, 2.24) is 0 Å². The van der Waals surface area contributed by atoms with Crippen LogP contribution in [0.1, 0.15) is 10.4 Å². The zero-order chi connectivity index (χ0) is 20.5. The molecule has 0 atom stereocenters. The molecule has 0 unspecified atom stereocenters. The van der Waals surface area contributed by atoms with E-state index in [9.17, 15) is 4.79 Å². The van der Waals surface area contributed by atoms with Crippen LogP contribution in [-0.4, -0.2) is 25.4 Å². The average Bonchev–Trinajstić information content (AvgIpc) is 2.77. The highest BCUT2D eigenvalue weighted by molar-refractivity contribution is 6.04. The summed E-state index contributed by atoms with van der Waals surface area (Å²) in [5.74, 6) is 2.05. The van der Waals surface area contributed by atoms with Gasteiger partial charge in [-0.2, -0.15) is 0 Å². The van der Waals surface area contributed by atoms with Gasteiger partial charge in [0.2, 0.25) is 0 Å². The Morgan fingerprint density at radius 1 is 0.897 bits per heavy atom. The average molecular weight is 388 g/mol. The number of para-hydroxylation sites is 1. The summed E-state index contributed by atoms with van der Waals surface area (Å²) in [5, 5.41) is 6.09. The van der Waals surface area contributed by atoms with E-state index in [1.165, 1.54) is 0 Å². The van der Waals surface area contributed by atoms with Gasteiger partial charge < -0.3 is 14.8 Å². The minimum Gasteiger partial charge on any atom is -0.486 e. The van der Waals surface area contributed by atoms with Gasteiger partial charge in [-0.05, 0) is 60.7 Å². The van der Waals surface area contributed by atoms with E-state index in [0.717, 1.165) is 5.75 Å². The van der Waals surface area contributed by atoms with Crippen LogP contribution < -0.4 is 14.8 Å². The standard InChI is InChI=1S/C22H20N4O3/c1-24-21(26-23)15-28-18-11-7-16(8-12-18)22(27)25-17-9-13-20(14-10-17)29-19-5-3-2-4-6-19/h2-14,23H,15H2,1H3,(H,25,27). The topological polar surface area (TPSA) is 96.1 Å². The second kappa shape index (κ2) is 9.80. The molecule has 2 N–H and O–H groups in total. The maximum absolute atomic E-state index is 12.4. The molecular weight excluding hydrogens is 368 g/mol. The number of carbonyl (C=O) groups is 1. The van der Waals surface area contributed by atoms with Crippen molar-refractivity contribution in [2.45, 2.75) is 0 Å². The smallest absolute Gasteiger partial charge is 0.255 e. The molecule has 0 bridgehead atoms. The number of anilines is 1. The van der Waals surface area contributed by atoms with Crippen LogP contribution >= 0.6 is 0 Å². The first-order valence-corrected chi connectivity index (χ1v) is 8.88. The number of benzene rings is 3. The Balaban J connectivity index is 1.56. The van der Waals surface area contributed by atoms with Crippen LogP contribution in [0.15, 0.2) is 89.0 Å². The van der Waals surface area contributed by atoms with E-state index in [1.807, 2.05) is 30.3 Å². The molecule has 0 heterocycles. The van der Waals surface area contributed by atoms with Crippen LogP contribution in [0.2, 0.25) is 0 Å². The number of rotatable bonds is 7. The lowest BCUT2D eigenvalue weighted by Crippen LogP contribution is -2.12. The van der Waals surface area contributed by atoms with Gasteiger partial charge in [0.05, 0.1) is 0 Å². The minimum absolute atomic E-state index is 0.100. The Bertz CT molecular complexity index is 985. The van der Waals surface area contributed by atoms with Crippen LogP contribution in [0.3, 0.4) is 0 Å². The van der Waals surface area contributed by atoms with Crippen LogP contribution in [0.5, 0.6) is 17.2 Å². The molecule has 7 nitrogen and oxygen atoms in total. The van der Waals surface area contributed by atoms with Crippen LogP contribution in [0.25, 0.3) is 0 Å². The molecule has 3 rings (SSSR count). The third-order valence-corrected chi connectivity index (χ3v) is 3.96. The van der Waals surface area contributed by atoms with Crippen molar-refractivity contribution in [3.8, 4) is 17.2 Å². The van der Waals surface area contributed by atoms with Gasteiger partial charge in [0.25, 0.3) is 5.91 Å². The summed E-state index contributed by atoms with van der Waals surface area (Å²) < 4.78 is 11.2. The van der Waals surface area contributed by atoms with E-state index < -0.39 is 0 Å². The second-order valence-corrected chi connectivity index (χ2v) is 5.96. The molecule has 0 fully saturated rings. The Labute approximate surface area is 168 Å². The van der Waals surface area contributed by atoms with Crippen LogP contribution in [-0.2, 0) is 0 Å². The van der Waals surface area contributed by atoms with E-state index in [-0.39, 0.29) is 18.3 Å². The molecule has 0 aliphatic rings. The van der Waals surface area contributed by atoms with Crippen LogP contribution in [0, 0.1) is 5.53 Å². The highest BCUT2D eigenvalue weighted by Crippen LogP contribution is 2.23. The Kier molecular flexibility index (Phi) is 6.67. The molecule has 0 aliphatic heterocycles. The highest BCUT2D eigenvalue weighted by atomic mass is 16.5. The fraction of sp³-hybridized carbons (Fsp3) is 0.0909. The monoisotopic (exact) mass is 388 g/mol. The lowest BCUT2D eigenvalue weighted by Gasteiger charge is -2.09. The number of nitrogens with zero attached hydrogens (tertiary/aromatic N) is 2. The number of aliphatic imine (C=N–C) groups is 1. The van der Waals surface area contributed by atoms with Crippen molar-refractivity contribution < 1.29 is 14.3 Å². The van der Waals surface area contributed by atoms with Crippen molar-refractivity contribution in [2.24, 2.45) is 10.1 Å². The maximum Gasteiger partial charge on any atom is 0.255 e. The molecule has 7 heteroatoms. The molecular formula is C22H20N4O3. The zero-order valence-electron chi connectivity index (χ0n) is 15.8. The van der Waals surface area contributed by atoms with Crippen molar-refractivity contribution in [3.63, 3.8) is 0 Å². The Hall–Kier alpha value is -4.00. The predicted molar refractivity (Wildman–Crippen MR) is 111 cm³/mol. The molecule has 0 saturated heterocycles. The SMILES string of the molecule is CN=C(COc1ccc(C(=O)Nc2ccc(Oc3ccccc3)cc2)cc1)N=N. The summed E-state index contributed by atoms with van der Waals surface area (Å²) in [6.07, 6.45) is 0. The fourth-order valence-corrected chi connectivity index (χ4v) is 2.43. The summed E-state index contributed by atoms with van der Waals surface area (Å²) in [6, 6.07) is 23.3. The second-order valence-electron chi connectivity index (χ2n) is 5.96. The third-order valence-electron chi connectivity index (χ3n) is 3.96. The first kappa shape index (κ1) is 19.8. The van der Waals surface area contributed by atoms with E-state index >= 15 is 0 Å². The number of nitrogens with one attached hydrogen (secondary N) is 2. The lowest BCUT2D eigenvalue weighted by molar-refractivity contribution is 0.102. The highest BCUT2D eigenvalue weighted by Gasteiger charge is 2.07. The third kappa shape index (κ3) is 5.74. The minimum atomic E-state index is -0.231. The number of amidine groups is 1. The van der Waals surface area contributed by atoms with E-state index in [1.54, 1.807) is 55.6 Å². The summed E-state index contributed by atoms with van der Waals surface area (Å²) in [4.78, 5) is 16.2. The normalized spacial score (nSPS) is 10.9. The molecule has 0 radical (unpaired) electrons. The summed E-state index contributed by atoms with van der Waals surface area (Å²) >= 11 is 0. The first-order chi connectivity index (χ1) is 14.2. The van der Waals surface area contributed by atoms with Gasteiger partial charge in [-0.3, -0.25) is 9.79 Å². The number of ether oxygens (including phenoxy) is 2. The van der Waals surface area contributed by atoms with E-state index in [2.05, 4.69) is 15.4 Å². The number of carbonyl (C=O) groups excluding carboxylic acids is 1. The summed E-state index contributed by atoms with van der Waals surface area (Å²) in [5.41, 5.74) is 8.11. The fourth-order valence-electron chi connectivity index (χ4n) is 2.43. The quantitative estimate of drug-likeness (QED) is 0.332. The molecule has 3 aromatic carbocycles. The zero-order valence-corrected chi connectivity index (χ0v) is 15.8. The molecule has 0 aromatic heterocycles. The van der Waals surface area contributed by atoms with Crippen molar-refractivity contribution in [3.05, 3.63) is 84.4 Å². The molecule has 146 valence electrons. The largest absolute Gasteiger partial charge is 0.486 e. The van der Waals surface area contributed by atoms with Gasteiger partial charge in [-0.25, -0.2) is 5.53 Å². The van der Waals surface area contributed by atoms with Crippen molar-refractivity contribution >= 4 is 17.4 Å². The van der Waals surface area contributed by atoms with Gasteiger partial charge in [0.1, 0.15) is 23.9 Å². The lowest BCUT2D eigenvalue weighted by atomic mass is 10.2. The predicted octanol–water partition coefficient (Wildman–Crippen LogP) is 5.17. The number of hydrogen-bond donors (Lipinski definition) is 2. The van der Waals surface area contributed by atoms with Crippen LogP contribution in [0.4, 0.5) is 5.69 Å². The van der Waals surface area contributed by atoms with E-state index in [0.29, 0.717) is 22.7 Å². The number of hydrogen-bond acceptors (Lipinski definition) is 5. The Morgan fingerprint density at radius 3 is 2.14 bits per heavy atom. The summed E-state index contributed by atoms with van der Waals surface area (Å²) in [6.45, 7) is 0.100. The summed E-state index contributed by atoms with van der Waals surface area (Å²) in [7, 11) is 1.55. The molecule has 3 aromatic rings. The first-order valence-electron chi connectivity index (χ1n) is 8.88. The molecule has 0 saturated carbocycles. The van der Waals surface area contributed by atoms with Gasteiger partial charge in [0.15, 0.2) is 5.84 Å². The molecule has 0 spiro atoms. The van der Waals surface area contributed by atoms with Gasteiger partial charge >= 0.3 is 0 Å². The molecule has 0 aliphatic carbocycles. The van der Waals surface area contributed by atoms with E-state index in [4.69, 9.17) is 15.0 Å². The van der Waals surface area contributed by atoms with Gasteiger partial charge in [0, 0.05) is 18.3 Å². The molecule has 1 amide bonds. The van der Waals surface area contributed by atoms with Gasteiger partial charge in [-0.1, -0.05) is 18.2 Å².